The number of thioether (sulfide) groups is 1. The minimum atomic E-state index is -0.291. The molecular formula is C18H26N4O2S. The van der Waals surface area contributed by atoms with Gasteiger partial charge >= 0.3 is 0 Å². The van der Waals surface area contributed by atoms with E-state index < -0.39 is 0 Å². The molecule has 1 aromatic heterocycles. The lowest BCUT2D eigenvalue weighted by atomic mass is 10.1. The van der Waals surface area contributed by atoms with Crippen molar-refractivity contribution in [1.82, 2.24) is 20.2 Å². The van der Waals surface area contributed by atoms with Crippen molar-refractivity contribution in [2.75, 3.05) is 12.3 Å². The maximum atomic E-state index is 12.4. The van der Waals surface area contributed by atoms with E-state index in [1.807, 2.05) is 56.5 Å². The molecule has 25 heavy (non-hydrogen) atoms. The maximum absolute atomic E-state index is 12.4. The molecule has 0 saturated heterocycles. The van der Waals surface area contributed by atoms with E-state index in [9.17, 15) is 9.59 Å². The van der Waals surface area contributed by atoms with Crippen LogP contribution >= 0.6 is 11.8 Å². The first-order chi connectivity index (χ1) is 11.8. The van der Waals surface area contributed by atoms with Crippen LogP contribution in [0.3, 0.4) is 0 Å². The quantitative estimate of drug-likeness (QED) is 0.742. The lowest BCUT2D eigenvalue weighted by Gasteiger charge is -2.21. The van der Waals surface area contributed by atoms with Gasteiger partial charge in [0.05, 0.1) is 16.8 Å². The summed E-state index contributed by atoms with van der Waals surface area (Å²) in [5, 5.41) is 6.50. The molecule has 0 spiro atoms. The Morgan fingerprint density at radius 2 is 1.92 bits per heavy atom. The summed E-state index contributed by atoms with van der Waals surface area (Å²) in [7, 11) is 0. The second-order valence-electron chi connectivity index (χ2n) is 6.91. The lowest BCUT2D eigenvalue weighted by Crippen LogP contribution is -2.42. The first-order valence-corrected chi connectivity index (χ1v) is 9.44. The highest BCUT2D eigenvalue weighted by atomic mass is 32.2. The highest BCUT2D eigenvalue weighted by Crippen LogP contribution is 2.24. The van der Waals surface area contributed by atoms with Gasteiger partial charge in [-0.3, -0.25) is 9.59 Å². The third-order valence-corrected chi connectivity index (χ3v) is 4.32. The van der Waals surface area contributed by atoms with Crippen molar-refractivity contribution >= 4 is 34.6 Å². The van der Waals surface area contributed by atoms with E-state index in [1.165, 1.54) is 11.8 Å². The second-order valence-corrected chi connectivity index (χ2v) is 7.85. The number of carbonyl (C=O) groups is 2. The Morgan fingerprint density at radius 1 is 1.20 bits per heavy atom. The Balaban J connectivity index is 2.18. The molecule has 2 N–H and O–H groups in total. The number of nitrogens with zero attached hydrogens (tertiary/aromatic N) is 2. The van der Waals surface area contributed by atoms with Crippen LogP contribution in [-0.2, 0) is 16.1 Å². The summed E-state index contributed by atoms with van der Waals surface area (Å²) < 4.78 is 1.87. The normalized spacial score (nSPS) is 11.5. The van der Waals surface area contributed by atoms with Crippen molar-refractivity contribution in [3.8, 4) is 0 Å². The summed E-state index contributed by atoms with van der Waals surface area (Å²) in [6.07, 6.45) is 0.905. The summed E-state index contributed by atoms with van der Waals surface area (Å²) in [5.74, 6) is 0.182. The van der Waals surface area contributed by atoms with Crippen LogP contribution in [-0.4, -0.2) is 39.2 Å². The van der Waals surface area contributed by atoms with E-state index in [2.05, 4.69) is 15.6 Å². The van der Waals surface area contributed by atoms with Crippen LogP contribution in [0.1, 0.15) is 34.1 Å². The Kier molecular flexibility index (Phi) is 6.47. The number of aromatic nitrogens is 2. The van der Waals surface area contributed by atoms with Gasteiger partial charge in [-0.2, -0.15) is 0 Å². The van der Waals surface area contributed by atoms with Crippen LogP contribution in [0.5, 0.6) is 0 Å². The summed E-state index contributed by atoms with van der Waals surface area (Å²) in [6.45, 7) is 8.71. The number of para-hydroxylation sites is 2. The fraction of sp³-hybridized carbons (Fsp3) is 0.500. The number of hydrogen-bond donors (Lipinski definition) is 2. The minimum absolute atomic E-state index is 0.0235. The standard InChI is InChI=1S/C18H26N4O2S/c1-5-10-19-16(24)12-25-17-20-13-8-6-7-9-14(13)22(17)11-15(23)21-18(2,3)4/h6-9H,5,10-12H2,1-4H3,(H,19,24)(H,21,23). The van der Waals surface area contributed by atoms with Gasteiger partial charge in [0.1, 0.15) is 6.54 Å². The van der Waals surface area contributed by atoms with Gasteiger partial charge in [-0.1, -0.05) is 30.8 Å². The topological polar surface area (TPSA) is 76.0 Å². The Morgan fingerprint density at radius 3 is 2.60 bits per heavy atom. The monoisotopic (exact) mass is 362 g/mol. The SMILES string of the molecule is CCCNC(=O)CSc1nc2ccccc2n1CC(=O)NC(C)(C)C. The smallest absolute Gasteiger partial charge is 0.240 e. The van der Waals surface area contributed by atoms with Crippen molar-refractivity contribution in [2.24, 2.45) is 0 Å². The predicted molar refractivity (Wildman–Crippen MR) is 102 cm³/mol. The molecule has 2 rings (SSSR count). The molecule has 2 amide bonds. The molecule has 0 radical (unpaired) electrons. The molecule has 0 atom stereocenters. The van der Waals surface area contributed by atoms with E-state index in [0.717, 1.165) is 17.5 Å². The van der Waals surface area contributed by atoms with Crippen molar-refractivity contribution in [2.45, 2.75) is 51.4 Å². The Hall–Kier alpha value is -2.02. The van der Waals surface area contributed by atoms with Gasteiger partial charge in [-0.25, -0.2) is 4.98 Å². The van der Waals surface area contributed by atoms with Gasteiger partial charge in [0.15, 0.2) is 5.16 Å². The Bertz CT molecular complexity index is 749. The third-order valence-electron chi connectivity index (χ3n) is 3.34. The van der Waals surface area contributed by atoms with Gasteiger partial charge in [-0.05, 0) is 39.3 Å². The molecule has 0 unspecified atom stereocenters. The average Bonchev–Trinajstić information content (AvgIpc) is 2.87. The third kappa shape index (κ3) is 5.77. The summed E-state index contributed by atoms with van der Waals surface area (Å²) in [5.41, 5.74) is 1.42. The number of fused-ring (bicyclic) bond motifs is 1. The summed E-state index contributed by atoms with van der Waals surface area (Å²) in [6, 6.07) is 7.69. The zero-order valence-electron chi connectivity index (χ0n) is 15.3. The number of hydrogen-bond acceptors (Lipinski definition) is 4. The number of amides is 2. The van der Waals surface area contributed by atoms with Crippen LogP contribution in [0.4, 0.5) is 0 Å². The number of imidazole rings is 1. The molecule has 0 fully saturated rings. The van der Waals surface area contributed by atoms with E-state index in [1.54, 1.807) is 0 Å². The molecule has 6 nitrogen and oxygen atoms in total. The lowest BCUT2D eigenvalue weighted by molar-refractivity contribution is -0.123. The van der Waals surface area contributed by atoms with Crippen molar-refractivity contribution in [1.29, 1.82) is 0 Å². The molecule has 7 heteroatoms. The maximum Gasteiger partial charge on any atom is 0.240 e. The van der Waals surface area contributed by atoms with Crippen LogP contribution in [0.2, 0.25) is 0 Å². The summed E-state index contributed by atoms with van der Waals surface area (Å²) in [4.78, 5) is 28.8. The molecule has 0 aliphatic carbocycles. The summed E-state index contributed by atoms with van der Waals surface area (Å²) >= 11 is 1.35. The van der Waals surface area contributed by atoms with Gasteiger partial charge < -0.3 is 15.2 Å². The van der Waals surface area contributed by atoms with Crippen LogP contribution in [0.25, 0.3) is 11.0 Å². The van der Waals surface area contributed by atoms with Crippen molar-refractivity contribution in [3.05, 3.63) is 24.3 Å². The minimum Gasteiger partial charge on any atom is -0.355 e. The van der Waals surface area contributed by atoms with Crippen molar-refractivity contribution < 1.29 is 9.59 Å². The Labute approximate surface area is 152 Å². The van der Waals surface area contributed by atoms with E-state index in [0.29, 0.717) is 11.7 Å². The molecule has 0 saturated carbocycles. The van der Waals surface area contributed by atoms with E-state index in [4.69, 9.17) is 0 Å². The molecule has 1 aromatic carbocycles. The van der Waals surface area contributed by atoms with Gasteiger partial charge in [-0.15, -0.1) is 0 Å². The van der Waals surface area contributed by atoms with Gasteiger partial charge in [0, 0.05) is 12.1 Å². The van der Waals surface area contributed by atoms with Gasteiger partial charge in [0.25, 0.3) is 0 Å². The highest BCUT2D eigenvalue weighted by Gasteiger charge is 2.18. The van der Waals surface area contributed by atoms with E-state index >= 15 is 0 Å². The molecule has 0 aliphatic heterocycles. The first-order valence-electron chi connectivity index (χ1n) is 8.46. The zero-order valence-corrected chi connectivity index (χ0v) is 16.1. The highest BCUT2D eigenvalue weighted by molar-refractivity contribution is 7.99. The number of nitrogens with one attached hydrogen (secondary N) is 2. The molecule has 2 aromatic rings. The molecule has 0 aliphatic rings. The molecule has 0 bridgehead atoms. The fourth-order valence-electron chi connectivity index (χ4n) is 2.36. The van der Waals surface area contributed by atoms with E-state index in [-0.39, 0.29) is 29.7 Å². The second kappa shape index (κ2) is 8.38. The first kappa shape index (κ1) is 19.3. The number of carbonyl (C=O) groups excluding carboxylic acids is 2. The molecule has 136 valence electrons. The zero-order chi connectivity index (χ0) is 18.4. The molecular weight excluding hydrogens is 336 g/mol. The molecule has 1 heterocycles. The fourth-order valence-corrected chi connectivity index (χ4v) is 3.21. The van der Waals surface area contributed by atoms with Crippen molar-refractivity contribution in [3.63, 3.8) is 0 Å². The van der Waals surface area contributed by atoms with Gasteiger partial charge in [0.2, 0.25) is 11.8 Å². The number of benzene rings is 1. The van der Waals surface area contributed by atoms with Crippen LogP contribution in [0, 0.1) is 0 Å². The number of rotatable bonds is 7. The van der Waals surface area contributed by atoms with Crippen LogP contribution in [0.15, 0.2) is 29.4 Å². The average molecular weight is 362 g/mol. The largest absolute Gasteiger partial charge is 0.355 e. The van der Waals surface area contributed by atoms with Crippen LogP contribution < -0.4 is 10.6 Å². The predicted octanol–water partition coefficient (Wildman–Crippen LogP) is 2.57.